The summed E-state index contributed by atoms with van der Waals surface area (Å²) in [5.41, 5.74) is 0. The van der Waals surface area contributed by atoms with Crippen molar-refractivity contribution in [1.82, 2.24) is 9.21 Å². The maximum atomic E-state index is 12.7. The van der Waals surface area contributed by atoms with Gasteiger partial charge in [0, 0.05) is 32.8 Å². The van der Waals surface area contributed by atoms with Crippen LogP contribution < -0.4 is 0 Å². The Morgan fingerprint density at radius 3 is 2.64 bits per heavy atom. The molecule has 6 nitrogen and oxygen atoms in total. The van der Waals surface area contributed by atoms with E-state index in [-0.39, 0.29) is 10.8 Å². The van der Waals surface area contributed by atoms with Gasteiger partial charge >= 0.3 is 0 Å². The van der Waals surface area contributed by atoms with E-state index in [4.69, 9.17) is 4.74 Å². The molecular formula is C14H20N2O4S2. The van der Waals surface area contributed by atoms with E-state index in [0.29, 0.717) is 44.3 Å². The molecule has 1 amide bonds. The highest BCUT2D eigenvalue weighted by atomic mass is 32.2. The standard InChI is InChI=1S/C14H20N2O4S2/c17-14(15-5-3-9-20-10-8-15)13-12(4-11-21-13)22(18,19)16-6-1-2-7-16/h4,11H,1-3,5-10H2. The highest BCUT2D eigenvalue weighted by Gasteiger charge is 2.33. The SMILES string of the molecule is O=C(c1sccc1S(=O)(=O)N1CCCC1)N1CCCOCC1. The average Bonchev–Trinajstić information content (AvgIpc) is 3.14. The van der Waals surface area contributed by atoms with Gasteiger partial charge in [-0.1, -0.05) is 0 Å². The fraction of sp³-hybridized carbons (Fsp3) is 0.643. The molecule has 122 valence electrons. The summed E-state index contributed by atoms with van der Waals surface area (Å²) < 4.78 is 32.3. The van der Waals surface area contributed by atoms with Crippen LogP contribution in [0.1, 0.15) is 28.9 Å². The monoisotopic (exact) mass is 344 g/mol. The minimum Gasteiger partial charge on any atom is -0.380 e. The summed E-state index contributed by atoms with van der Waals surface area (Å²) in [6.45, 7) is 3.37. The minimum atomic E-state index is -3.55. The number of rotatable bonds is 3. The van der Waals surface area contributed by atoms with E-state index in [9.17, 15) is 13.2 Å². The molecule has 1 aromatic rings. The van der Waals surface area contributed by atoms with E-state index in [1.165, 1.54) is 15.6 Å². The molecule has 0 unspecified atom stereocenters. The van der Waals surface area contributed by atoms with Crippen molar-refractivity contribution in [2.24, 2.45) is 0 Å². The molecule has 0 saturated carbocycles. The van der Waals surface area contributed by atoms with Gasteiger partial charge in [0.2, 0.25) is 10.0 Å². The first-order valence-electron chi connectivity index (χ1n) is 7.55. The van der Waals surface area contributed by atoms with Gasteiger partial charge in [0.25, 0.3) is 5.91 Å². The second-order valence-corrected chi connectivity index (χ2v) is 8.31. The summed E-state index contributed by atoms with van der Waals surface area (Å²) >= 11 is 1.21. The second-order valence-electron chi connectivity index (χ2n) is 5.48. The van der Waals surface area contributed by atoms with Crippen LogP contribution in [-0.2, 0) is 14.8 Å². The molecular weight excluding hydrogens is 324 g/mol. The molecule has 2 fully saturated rings. The molecule has 2 aliphatic rings. The lowest BCUT2D eigenvalue weighted by molar-refractivity contribution is 0.0742. The minimum absolute atomic E-state index is 0.162. The third-order valence-electron chi connectivity index (χ3n) is 4.02. The number of ether oxygens (including phenoxy) is 1. The van der Waals surface area contributed by atoms with Crippen molar-refractivity contribution in [3.63, 3.8) is 0 Å². The van der Waals surface area contributed by atoms with Gasteiger partial charge in [0.1, 0.15) is 9.77 Å². The fourth-order valence-electron chi connectivity index (χ4n) is 2.82. The van der Waals surface area contributed by atoms with Crippen molar-refractivity contribution in [2.75, 3.05) is 39.4 Å². The van der Waals surface area contributed by atoms with Crippen LogP contribution in [-0.4, -0.2) is 62.9 Å². The third-order valence-corrected chi connectivity index (χ3v) is 6.99. The zero-order valence-corrected chi connectivity index (χ0v) is 14.0. The van der Waals surface area contributed by atoms with Gasteiger partial charge in [-0.15, -0.1) is 11.3 Å². The number of carbonyl (C=O) groups is 1. The Balaban J connectivity index is 1.86. The topological polar surface area (TPSA) is 66.9 Å². The van der Waals surface area contributed by atoms with Crippen LogP contribution in [0.25, 0.3) is 0 Å². The number of thiophene rings is 1. The van der Waals surface area contributed by atoms with Gasteiger partial charge in [-0.25, -0.2) is 8.42 Å². The summed E-state index contributed by atoms with van der Waals surface area (Å²) in [6, 6.07) is 1.56. The normalized spacial score (nSPS) is 21.0. The number of hydrogen-bond donors (Lipinski definition) is 0. The highest BCUT2D eigenvalue weighted by Crippen LogP contribution is 2.28. The number of hydrogen-bond acceptors (Lipinski definition) is 5. The number of nitrogens with zero attached hydrogens (tertiary/aromatic N) is 2. The van der Waals surface area contributed by atoms with E-state index < -0.39 is 10.0 Å². The number of amides is 1. The van der Waals surface area contributed by atoms with Gasteiger partial charge < -0.3 is 9.64 Å². The van der Waals surface area contributed by atoms with Gasteiger partial charge in [0.15, 0.2) is 0 Å². The van der Waals surface area contributed by atoms with Crippen LogP contribution in [0, 0.1) is 0 Å². The first-order chi connectivity index (χ1) is 10.6. The van der Waals surface area contributed by atoms with Crippen molar-refractivity contribution in [1.29, 1.82) is 0 Å². The molecule has 2 aliphatic heterocycles. The van der Waals surface area contributed by atoms with Crippen LogP contribution in [0.15, 0.2) is 16.3 Å². The summed E-state index contributed by atoms with van der Waals surface area (Å²) in [5, 5.41) is 1.69. The number of sulfonamides is 1. The lowest BCUT2D eigenvalue weighted by atomic mass is 10.3. The van der Waals surface area contributed by atoms with Crippen LogP contribution in [0.5, 0.6) is 0 Å². The molecule has 0 bridgehead atoms. The van der Waals surface area contributed by atoms with E-state index in [1.807, 2.05) is 0 Å². The maximum absolute atomic E-state index is 12.7. The molecule has 1 aromatic heterocycles. The lowest BCUT2D eigenvalue weighted by Gasteiger charge is -2.21. The van der Waals surface area contributed by atoms with Crippen molar-refractivity contribution < 1.29 is 17.9 Å². The molecule has 0 spiro atoms. The second kappa shape index (κ2) is 6.66. The molecule has 3 heterocycles. The van der Waals surface area contributed by atoms with Gasteiger partial charge in [-0.3, -0.25) is 4.79 Å². The van der Waals surface area contributed by atoms with Crippen LogP contribution in [0.4, 0.5) is 0 Å². The molecule has 0 aliphatic carbocycles. The molecule has 0 atom stereocenters. The summed E-state index contributed by atoms with van der Waals surface area (Å²) in [5.74, 6) is -0.196. The molecule has 8 heteroatoms. The summed E-state index contributed by atoms with van der Waals surface area (Å²) in [6.07, 6.45) is 2.55. The molecule has 0 N–H and O–H groups in total. The maximum Gasteiger partial charge on any atom is 0.265 e. The number of carbonyl (C=O) groups excluding carboxylic acids is 1. The van der Waals surface area contributed by atoms with E-state index >= 15 is 0 Å². The third kappa shape index (κ3) is 3.05. The molecule has 0 aromatic carbocycles. The Morgan fingerprint density at radius 2 is 1.86 bits per heavy atom. The zero-order valence-electron chi connectivity index (χ0n) is 12.4. The quantitative estimate of drug-likeness (QED) is 0.831. The summed E-state index contributed by atoms with van der Waals surface area (Å²) in [7, 11) is -3.55. The lowest BCUT2D eigenvalue weighted by Crippen LogP contribution is -2.35. The van der Waals surface area contributed by atoms with Gasteiger partial charge in [-0.05, 0) is 30.7 Å². The van der Waals surface area contributed by atoms with Gasteiger partial charge in [-0.2, -0.15) is 4.31 Å². The van der Waals surface area contributed by atoms with Crippen molar-refractivity contribution in [2.45, 2.75) is 24.2 Å². The molecule has 22 heavy (non-hydrogen) atoms. The smallest absolute Gasteiger partial charge is 0.265 e. The fourth-order valence-corrected chi connectivity index (χ4v) is 5.70. The average molecular weight is 344 g/mol. The van der Waals surface area contributed by atoms with E-state index in [2.05, 4.69) is 0 Å². The van der Waals surface area contributed by atoms with E-state index in [1.54, 1.807) is 16.3 Å². The zero-order chi connectivity index (χ0) is 15.6. The molecule has 3 rings (SSSR count). The Labute approximate surface area is 134 Å². The Bertz CT molecular complexity index is 627. The molecule has 2 saturated heterocycles. The van der Waals surface area contributed by atoms with Crippen LogP contribution in [0.2, 0.25) is 0 Å². The van der Waals surface area contributed by atoms with E-state index in [0.717, 1.165) is 19.3 Å². The van der Waals surface area contributed by atoms with Crippen LogP contribution in [0.3, 0.4) is 0 Å². The Morgan fingerprint density at radius 1 is 1.09 bits per heavy atom. The Kier molecular flexibility index (Phi) is 4.82. The Hall–Kier alpha value is -0.960. The highest BCUT2D eigenvalue weighted by molar-refractivity contribution is 7.89. The van der Waals surface area contributed by atoms with Crippen molar-refractivity contribution >= 4 is 27.3 Å². The summed E-state index contributed by atoms with van der Waals surface area (Å²) in [4.78, 5) is 14.9. The molecule has 0 radical (unpaired) electrons. The predicted molar refractivity (Wildman–Crippen MR) is 83.7 cm³/mol. The van der Waals surface area contributed by atoms with Crippen molar-refractivity contribution in [3.8, 4) is 0 Å². The van der Waals surface area contributed by atoms with Crippen LogP contribution >= 0.6 is 11.3 Å². The largest absolute Gasteiger partial charge is 0.380 e. The van der Waals surface area contributed by atoms with Crippen molar-refractivity contribution in [3.05, 3.63) is 16.3 Å². The first-order valence-corrected chi connectivity index (χ1v) is 9.87. The predicted octanol–water partition coefficient (Wildman–Crippen LogP) is 1.40. The van der Waals surface area contributed by atoms with Gasteiger partial charge in [0.05, 0.1) is 6.61 Å². The first kappa shape index (κ1) is 15.9.